The number of aromatic nitrogens is 3. The van der Waals surface area contributed by atoms with E-state index in [1.54, 1.807) is 18.6 Å². The van der Waals surface area contributed by atoms with Crippen LogP contribution >= 0.6 is 0 Å². The lowest BCUT2D eigenvalue weighted by atomic mass is 9.44. The Bertz CT molecular complexity index is 1690. The minimum atomic E-state index is -4.41. The van der Waals surface area contributed by atoms with Crippen LogP contribution in [0.2, 0.25) is 0 Å². The Hall–Kier alpha value is -3.88. The third-order valence-corrected chi connectivity index (χ3v) is 9.22. The molecule has 1 aliphatic heterocycles. The summed E-state index contributed by atoms with van der Waals surface area (Å²) < 4.78 is 42.6. The number of hydrogen-bond acceptors (Lipinski definition) is 4. The molecular formula is C31H30F3N5O. The molecule has 2 aromatic carbocycles. The minimum Gasteiger partial charge on any atom is -0.363 e. The fourth-order valence-corrected chi connectivity index (χ4v) is 6.88. The Balaban J connectivity index is 1.21. The summed E-state index contributed by atoms with van der Waals surface area (Å²) >= 11 is 0. The lowest BCUT2D eigenvalue weighted by molar-refractivity contribution is -0.176. The van der Waals surface area contributed by atoms with E-state index in [0.717, 1.165) is 54.1 Å². The summed E-state index contributed by atoms with van der Waals surface area (Å²) in [5.41, 5.74) is 3.87. The standard InChI is InChI=1S/C31H30F3N5O/c1-18-23(4-3-5-25(18)31(32,33)34)19(2)36-28-24-12-22(6-7-26(24)39-17-35-16-27(39)37-28)21-8-10-38(11-9-21)29(40)30-13-20(14-30)15-30/h3-8,12,16-17,19-20H,9-11,13-15H2,1-2H3,(H,36,37)/t19-,20?,30?/m1/s1. The van der Waals surface area contributed by atoms with Gasteiger partial charge in [0.2, 0.25) is 5.91 Å². The van der Waals surface area contributed by atoms with E-state index in [2.05, 4.69) is 28.5 Å². The Morgan fingerprint density at radius 2 is 1.98 bits per heavy atom. The number of hydrogen-bond donors (Lipinski definition) is 1. The van der Waals surface area contributed by atoms with Crippen LogP contribution in [0.3, 0.4) is 0 Å². The summed E-state index contributed by atoms with van der Waals surface area (Å²) in [5, 5.41) is 4.25. The van der Waals surface area contributed by atoms with Gasteiger partial charge in [0.05, 0.1) is 28.7 Å². The molecule has 6 nitrogen and oxygen atoms in total. The molecule has 0 radical (unpaired) electrons. The molecule has 206 valence electrons. The van der Waals surface area contributed by atoms with Crippen LogP contribution in [0.1, 0.15) is 60.9 Å². The molecule has 3 saturated carbocycles. The predicted molar refractivity (Wildman–Crippen MR) is 148 cm³/mol. The van der Waals surface area contributed by atoms with Crippen LogP contribution in [-0.4, -0.2) is 38.3 Å². The maximum absolute atomic E-state index is 13.6. The maximum atomic E-state index is 13.6. The number of benzene rings is 2. The Morgan fingerprint density at radius 1 is 1.18 bits per heavy atom. The molecule has 0 saturated heterocycles. The molecule has 1 atom stereocenters. The summed E-state index contributed by atoms with van der Waals surface area (Å²) in [6, 6.07) is 10.1. The van der Waals surface area contributed by atoms with Crippen LogP contribution in [0.25, 0.3) is 22.1 Å². The molecule has 9 heteroatoms. The van der Waals surface area contributed by atoms with Gasteiger partial charge in [-0.05, 0) is 85.9 Å². The second-order valence-electron chi connectivity index (χ2n) is 11.7. The summed E-state index contributed by atoms with van der Waals surface area (Å²) in [6.07, 6.45) is 5.08. The fourth-order valence-electron chi connectivity index (χ4n) is 6.88. The largest absolute Gasteiger partial charge is 0.416 e. The van der Waals surface area contributed by atoms with Gasteiger partial charge in [0, 0.05) is 18.5 Å². The highest BCUT2D eigenvalue weighted by molar-refractivity contribution is 5.94. The van der Waals surface area contributed by atoms with Gasteiger partial charge in [-0.2, -0.15) is 13.2 Å². The van der Waals surface area contributed by atoms with Crippen molar-refractivity contribution in [3.63, 3.8) is 0 Å². The molecule has 3 fully saturated rings. The van der Waals surface area contributed by atoms with Gasteiger partial charge in [0.1, 0.15) is 12.1 Å². The van der Waals surface area contributed by atoms with Crippen molar-refractivity contribution in [2.24, 2.45) is 11.3 Å². The smallest absolute Gasteiger partial charge is 0.363 e. The Labute approximate surface area is 229 Å². The molecule has 40 heavy (non-hydrogen) atoms. The monoisotopic (exact) mass is 545 g/mol. The zero-order chi connectivity index (χ0) is 27.8. The Kier molecular flexibility index (Phi) is 5.53. The number of rotatable bonds is 5. The van der Waals surface area contributed by atoms with Crippen molar-refractivity contribution in [2.45, 2.75) is 51.7 Å². The number of carbonyl (C=O) groups is 1. The average molecular weight is 546 g/mol. The number of nitrogens with one attached hydrogen (secondary N) is 1. The van der Waals surface area contributed by atoms with E-state index in [1.165, 1.54) is 18.6 Å². The maximum Gasteiger partial charge on any atom is 0.416 e. The van der Waals surface area contributed by atoms with E-state index in [-0.39, 0.29) is 11.0 Å². The molecule has 4 aliphatic rings. The van der Waals surface area contributed by atoms with Crippen molar-refractivity contribution in [1.29, 1.82) is 0 Å². The summed E-state index contributed by atoms with van der Waals surface area (Å²) in [4.78, 5) is 24.1. The van der Waals surface area contributed by atoms with Crippen LogP contribution in [-0.2, 0) is 11.0 Å². The molecule has 1 amide bonds. The number of alkyl halides is 3. The number of halogens is 3. The first-order chi connectivity index (χ1) is 19.1. The molecular weight excluding hydrogens is 515 g/mol. The molecule has 4 aromatic rings. The van der Waals surface area contributed by atoms with E-state index in [0.29, 0.717) is 36.0 Å². The van der Waals surface area contributed by atoms with Gasteiger partial charge in [0.15, 0.2) is 5.65 Å². The quantitative estimate of drug-likeness (QED) is 0.300. The number of anilines is 1. The molecule has 0 unspecified atom stereocenters. The van der Waals surface area contributed by atoms with Crippen LogP contribution in [0.4, 0.5) is 19.0 Å². The van der Waals surface area contributed by atoms with E-state index >= 15 is 0 Å². The SMILES string of the molecule is Cc1c([C@@H](C)Nc2nc3cncn3c3ccc(C4=CCN(C(=O)C56CC(C5)C6)CC4)cc23)cccc1C(F)(F)F. The van der Waals surface area contributed by atoms with Gasteiger partial charge < -0.3 is 10.2 Å². The second kappa shape index (κ2) is 8.81. The number of nitrogens with zero attached hydrogens (tertiary/aromatic N) is 4. The van der Waals surface area contributed by atoms with Gasteiger partial charge in [-0.25, -0.2) is 9.97 Å². The summed E-state index contributed by atoms with van der Waals surface area (Å²) in [5.74, 6) is 1.68. The third-order valence-electron chi connectivity index (χ3n) is 9.22. The van der Waals surface area contributed by atoms with Gasteiger partial charge in [-0.15, -0.1) is 0 Å². The predicted octanol–water partition coefficient (Wildman–Crippen LogP) is 6.80. The van der Waals surface area contributed by atoms with Crippen molar-refractivity contribution in [2.75, 3.05) is 18.4 Å². The number of fused-ring (bicyclic) bond motifs is 3. The van der Waals surface area contributed by atoms with Crippen molar-refractivity contribution >= 4 is 33.8 Å². The summed E-state index contributed by atoms with van der Waals surface area (Å²) in [7, 11) is 0. The van der Waals surface area contributed by atoms with Crippen LogP contribution in [0.15, 0.2) is 55.0 Å². The van der Waals surface area contributed by atoms with Crippen molar-refractivity contribution in [1.82, 2.24) is 19.3 Å². The van der Waals surface area contributed by atoms with Gasteiger partial charge in [0.25, 0.3) is 0 Å². The minimum absolute atomic E-state index is 0.0595. The first kappa shape index (κ1) is 25.1. The molecule has 3 aliphatic carbocycles. The zero-order valence-corrected chi connectivity index (χ0v) is 22.4. The number of imidazole rings is 1. The lowest BCUT2D eigenvalue weighted by Gasteiger charge is -2.61. The van der Waals surface area contributed by atoms with E-state index in [9.17, 15) is 18.0 Å². The first-order valence-electron chi connectivity index (χ1n) is 13.8. The van der Waals surface area contributed by atoms with Gasteiger partial charge >= 0.3 is 6.18 Å². The van der Waals surface area contributed by atoms with Crippen LogP contribution < -0.4 is 5.32 Å². The van der Waals surface area contributed by atoms with Gasteiger partial charge in [-0.3, -0.25) is 9.20 Å². The number of amides is 1. The first-order valence-corrected chi connectivity index (χ1v) is 13.8. The summed E-state index contributed by atoms with van der Waals surface area (Å²) in [6.45, 7) is 4.69. The highest BCUT2D eigenvalue weighted by atomic mass is 19.4. The van der Waals surface area contributed by atoms with E-state index in [1.807, 2.05) is 22.3 Å². The zero-order valence-electron chi connectivity index (χ0n) is 22.4. The fraction of sp³-hybridized carbons (Fsp3) is 0.387. The topological polar surface area (TPSA) is 62.5 Å². The van der Waals surface area contributed by atoms with Crippen LogP contribution in [0, 0.1) is 18.3 Å². The molecule has 0 spiro atoms. The molecule has 2 bridgehead atoms. The van der Waals surface area contributed by atoms with Crippen LogP contribution in [0.5, 0.6) is 0 Å². The normalized spacial score (nSPS) is 23.0. The van der Waals surface area contributed by atoms with Crippen molar-refractivity contribution in [3.8, 4) is 0 Å². The lowest BCUT2D eigenvalue weighted by Crippen LogP contribution is -2.61. The number of carbonyl (C=O) groups excluding carboxylic acids is 1. The highest BCUT2D eigenvalue weighted by Crippen LogP contribution is 2.65. The molecule has 2 aromatic heterocycles. The van der Waals surface area contributed by atoms with E-state index in [4.69, 9.17) is 4.98 Å². The van der Waals surface area contributed by atoms with Gasteiger partial charge in [-0.1, -0.05) is 24.3 Å². The molecule has 1 N–H and O–H groups in total. The van der Waals surface area contributed by atoms with Crippen molar-refractivity contribution in [3.05, 3.63) is 77.3 Å². The van der Waals surface area contributed by atoms with E-state index < -0.39 is 17.8 Å². The average Bonchev–Trinajstić information content (AvgIpc) is 3.35. The Morgan fingerprint density at radius 3 is 2.65 bits per heavy atom. The molecule has 3 heterocycles. The van der Waals surface area contributed by atoms with Crippen molar-refractivity contribution < 1.29 is 18.0 Å². The second-order valence-corrected chi connectivity index (χ2v) is 11.7. The molecule has 8 rings (SSSR count). The third kappa shape index (κ3) is 3.89. The highest BCUT2D eigenvalue weighted by Gasteiger charge is 2.62.